The van der Waals surface area contributed by atoms with Crippen LogP contribution in [0.1, 0.15) is 83.9 Å². The van der Waals surface area contributed by atoms with E-state index < -0.39 is 0 Å². The number of hydrogen-bond acceptors (Lipinski definition) is 3. The van der Waals surface area contributed by atoms with Gasteiger partial charge in [0.05, 0.1) is 13.2 Å². The van der Waals surface area contributed by atoms with Crippen molar-refractivity contribution in [3.05, 3.63) is 58.7 Å². The van der Waals surface area contributed by atoms with Crippen LogP contribution in [0.3, 0.4) is 0 Å². The fourth-order valence-corrected chi connectivity index (χ4v) is 4.23. The van der Waals surface area contributed by atoms with Crippen LogP contribution in [0.15, 0.2) is 42.0 Å². The van der Waals surface area contributed by atoms with Gasteiger partial charge in [-0.3, -0.25) is 0 Å². The summed E-state index contributed by atoms with van der Waals surface area (Å²) in [6.07, 6.45) is 5.88. The Morgan fingerprint density at radius 2 is 1.67 bits per heavy atom. The third kappa shape index (κ3) is 5.63. The zero-order chi connectivity index (χ0) is 22.5. The maximum absolute atomic E-state index is 11.7. The van der Waals surface area contributed by atoms with Crippen molar-refractivity contribution in [2.75, 3.05) is 19.8 Å². The van der Waals surface area contributed by atoms with Crippen molar-refractivity contribution in [1.29, 1.82) is 0 Å². The van der Waals surface area contributed by atoms with Gasteiger partial charge in [0.2, 0.25) is 0 Å². The molecule has 0 saturated heterocycles. The van der Waals surface area contributed by atoms with Crippen LogP contribution >= 0.6 is 0 Å². The van der Waals surface area contributed by atoms with Crippen LogP contribution in [-0.4, -0.2) is 25.8 Å². The number of esters is 1. The summed E-state index contributed by atoms with van der Waals surface area (Å²) >= 11 is 0. The molecule has 0 N–H and O–H groups in total. The first-order chi connectivity index (χ1) is 14.1. The van der Waals surface area contributed by atoms with Crippen LogP contribution in [0.4, 0.5) is 0 Å². The van der Waals surface area contributed by atoms with Gasteiger partial charge in [-0.15, -0.1) is 0 Å². The van der Waals surface area contributed by atoms with E-state index in [1.54, 1.807) is 6.08 Å². The van der Waals surface area contributed by atoms with Crippen LogP contribution in [0.25, 0.3) is 0 Å². The first kappa shape index (κ1) is 24.4. The lowest BCUT2D eigenvalue weighted by atomic mass is 9.86. The molecule has 1 fully saturated rings. The lowest BCUT2D eigenvalue weighted by Gasteiger charge is -2.19. The molecule has 0 aromatic heterocycles. The second-order valence-electron chi connectivity index (χ2n) is 9.27. The van der Waals surface area contributed by atoms with E-state index in [-0.39, 0.29) is 11.4 Å². The van der Waals surface area contributed by atoms with Gasteiger partial charge in [-0.1, -0.05) is 65.0 Å². The van der Waals surface area contributed by atoms with Crippen LogP contribution < -0.4 is 0 Å². The van der Waals surface area contributed by atoms with Crippen LogP contribution in [-0.2, 0) is 19.7 Å². The highest BCUT2D eigenvalue weighted by molar-refractivity contribution is 5.83. The molecule has 0 radical (unpaired) electrons. The van der Waals surface area contributed by atoms with E-state index in [0.29, 0.717) is 30.3 Å². The highest BCUT2D eigenvalue weighted by Gasteiger charge is 2.60. The smallest absolute Gasteiger partial charge is 0.330 e. The molecule has 3 nitrogen and oxygen atoms in total. The Kier molecular flexibility index (Phi) is 8.49. The predicted molar refractivity (Wildman–Crippen MR) is 125 cm³/mol. The molecule has 2 rings (SSSR count). The lowest BCUT2D eigenvalue weighted by Crippen LogP contribution is -2.11. The Hall–Kier alpha value is -1.87. The molecule has 3 atom stereocenters. The lowest BCUT2D eigenvalue weighted by molar-refractivity contribution is -0.137. The fraction of sp³-hybridized carbons (Fsp3) is 0.593. The summed E-state index contributed by atoms with van der Waals surface area (Å²) in [6.45, 7) is 19.1. The second-order valence-corrected chi connectivity index (χ2v) is 9.27. The number of allylic oxidation sites excluding steroid dienone is 3. The van der Waals surface area contributed by atoms with Crippen LogP contribution in [0.2, 0.25) is 0 Å². The van der Waals surface area contributed by atoms with E-state index in [4.69, 9.17) is 9.47 Å². The van der Waals surface area contributed by atoms with Crippen molar-refractivity contribution in [3.8, 4) is 0 Å². The minimum atomic E-state index is -0.282. The molecule has 0 aliphatic heterocycles. The van der Waals surface area contributed by atoms with Gasteiger partial charge in [0.1, 0.15) is 0 Å². The molecule has 0 spiro atoms. The summed E-state index contributed by atoms with van der Waals surface area (Å²) in [6, 6.07) is 7.15. The standard InChI is InChI=1S/C27H40O3/c1-9-29-17-25-24(12-11-20(7)13-26(28)30-10-2)27(25,8)23-15-21(18(3)4)14-22(16-23)19(5)6/h11-16,18-19,24-25H,9-10,17H2,1-8H3/b12-11+,20-13+/t24-,25-,27+/m1/s1. The molecule has 1 aliphatic rings. The van der Waals surface area contributed by atoms with Gasteiger partial charge in [-0.2, -0.15) is 0 Å². The van der Waals surface area contributed by atoms with Gasteiger partial charge in [-0.25, -0.2) is 4.79 Å². The summed E-state index contributed by atoms with van der Waals surface area (Å²) in [5.41, 5.74) is 5.17. The number of ether oxygens (including phenoxy) is 2. The molecular formula is C27H40O3. The van der Waals surface area contributed by atoms with Crippen LogP contribution in [0, 0.1) is 11.8 Å². The predicted octanol–water partition coefficient (Wildman–Crippen LogP) is 6.54. The molecule has 1 aliphatic carbocycles. The minimum absolute atomic E-state index is 0.0460. The molecule has 1 aromatic carbocycles. The van der Waals surface area contributed by atoms with Gasteiger partial charge < -0.3 is 9.47 Å². The number of carbonyl (C=O) groups is 1. The van der Waals surface area contributed by atoms with Crippen molar-refractivity contribution >= 4 is 5.97 Å². The van der Waals surface area contributed by atoms with Gasteiger partial charge in [0.25, 0.3) is 0 Å². The Bertz CT molecular complexity index is 761. The van der Waals surface area contributed by atoms with Crippen molar-refractivity contribution < 1.29 is 14.3 Å². The van der Waals surface area contributed by atoms with Crippen molar-refractivity contribution in [1.82, 2.24) is 0 Å². The quantitative estimate of drug-likeness (QED) is 0.249. The molecule has 0 amide bonds. The molecule has 0 heterocycles. The monoisotopic (exact) mass is 412 g/mol. The molecule has 30 heavy (non-hydrogen) atoms. The SMILES string of the molecule is CCOC[C@@H]1[C@@H](/C=C/C(C)=C/C(=O)OCC)[C@]1(C)c1cc(C(C)C)cc(C(C)C)c1. The molecule has 3 heteroatoms. The average Bonchev–Trinajstić information content (AvgIpc) is 3.28. The van der Waals surface area contributed by atoms with Crippen LogP contribution in [0.5, 0.6) is 0 Å². The third-order valence-electron chi connectivity index (χ3n) is 6.42. The number of benzene rings is 1. The normalized spacial score (nSPS) is 24.1. The van der Waals surface area contributed by atoms with Gasteiger partial charge in [-0.05, 0) is 66.7 Å². The van der Waals surface area contributed by atoms with Crippen molar-refractivity contribution in [2.45, 2.75) is 72.6 Å². The fourth-order valence-electron chi connectivity index (χ4n) is 4.23. The molecular weight excluding hydrogens is 372 g/mol. The molecule has 0 unspecified atom stereocenters. The number of carbonyl (C=O) groups excluding carboxylic acids is 1. The van der Waals surface area contributed by atoms with E-state index in [0.717, 1.165) is 18.8 Å². The molecule has 0 bridgehead atoms. The average molecular weight is 413 g/mol. The number of rotatable bonds is 10. The molecule has 166 valence electrons. The topological polar surface area (TPSA) is 35.5 Å². The Labute approximate surface area is 183 Å². The summed E-state index contributed by atoms with van der Waals surface area (Å²) in [5.74, 6) is 1.54. The van der Waals surface area contributed by atoms with Gasteiger partial charge in [0, 0.05) is 18.1 Å². The summed E-state index contributed by atoms with van der Waals surface area (Å²) in [4.78, 5) is 11.7. The Balaban J connectivity index is 2.36. The Morgan fingerprint density at radius 3 is 2.17 bits per heavy atom. The zero-order valence-corrected chi connectivity index (χ0v) is 20.1. The molecule has 1 aromatic rings. The third-order valence-corrected chi connectivity index (χ3v) is 6.42. The first-order valence-electron chi connectivity index (χ1n) is 11.4. The van der Waals surface area contributed by atoms with E-state index in [9.17, 15) is 4.79 Å². The summed E-state index contributed by atoms with van der Waals surface area (Å²) in [7, 11) is 0. The maximum Gasteiger partial charge on any atom is 0.330 e. The Morgan fingerprint density at radius 1 is 1.07 bits per heavy atom. The van der Waals surface area contributed by atoms with E-state index >= 15 is 0 Å². The summed E-state index contributed by atoms with van der Waals surface area (Å²) in [5, 5.41) is 0. The van der Waals surface area contributed by atoms with Gasteiger partial charge in [0.15, 0.2) is 0 Å². The van der Waals surface area contributed by atoms with Crippen molar-refractivity contribution in [2.24, 2.45) is 11.8 Å². The first-order valence-corrected chi connectivity index (χ1v) is 11.4. The summed E-state index contributed by atoms with van der Waals surface area (Å²) < 4.78 is 10.9. The highest BCUT2D eigenvalue weighted by Crippen LogP contribution is 2.61. The zero-order valence-electron chi connectivity index (χ0n) is 20.1. The van der Waals surface area contributed by atoms with Crippen molar-refractivity contribution in [3.63, 3.8) is 0 Å². The number of hydrogen-bond donors (Lipinski definition) is 0. The van der Waals surface area contributed by atoms with E-state index in [2.05, 4.69) is 65.0 Å². The van der Waals surface area contributed by atoms with E-state index in [1.807, 2.05) is 20.8 Å². The largest absolute Gasteiger partial charge is 0.463 e. The molecule has 1 saturated carbocycles. The minimum Gasteiger partial charge on any atom is -0.463 e. The highest BCUT2D eigenvalue weighted by atomic mass is 16.5. The maximum atomic E-state index is 11.7. The van der Waals surface area contributed by atoms with Gasteiger partial charge >= 0.3 is 5.97 Å². The van der Waals surface area contributed by atoms with E-state index in [1.165, 1.54) is 16.7 Å². The second kappa shape index (κ2) is 10.4.